The van der Waals surface area contributed by atoms with Crippen LogP contribution < -0.4 is 10.2 Å². The summed E-state index contributed by atoms with van der Waals surface area (Å²) >= 11 is 0. The van der Waals surface area contributed by atoms with Crippen molar-refractivity contribution < 1.29 is 24.0 Å². The molecule has 0 spiro atoms. The zero-order chi connectivity index (χ0) is 14.9. The molecule has 20 heavy (non-hydrogen) atoms. The molecule has 2 N–H and O–H groups in total. The minimum atomic E-state index is -1.53. The van der Waals surface area contributed by atoms with Gasteiger partial charge in [-0.3, -0.25) is 14.9 Å². The molecular formula is C11H10FN3O5. The second kappa shape index (κ2) is 5.11. The molecule has 1 saturated heterocycles. The van der Waals surface area contributed by atoms with E-state index in [4.69, 9.17) is 5.11 Å². The van der Waals surface area contributed by atoms with Crippen molar-refractivity contribution in [1.82, 2.24) is 5.32 Å². The molecule has 0 aliphatic carbocycles. The van der Waals surface area contributed by atoms with Crippen LogP contribution in [-0.4, -0.2) is 41.5 Å². The number of aromatic carboxylic acids is 1. The molecule has 1 aromatic carbocycles. The zero-order valence-corrected chi connectivity index (χ0v) is 10.1. The van der Waals surface area contributed by atoms with Gasteiger partial charge in [-0.1, -0.05) is 0 Å². The molecule has 1 fully saturated rings. The number of halogens is 1. The van der Waals surface area contributed by atoms with Gasteiger partial charge in [0.25, 0.3) is 5.69 Å². The SMILES string of the molecule is O=C1CN(c2cc(C(=O)O)c(F)cc2[N+](=O)[O-])CCN1. The van der Waals surface area contributed by atoms with E-state index in [1.165, 1.54) is 4.90 Å². The van der Waals surface area contributed by atoms with Gasteiger partial charge in [0.2, 0.25) is 5.91 Å². The van der Waals surface area contributed by atoms with E-state index in [-0.39, 0.29) is 31.2 Å². The topological polar surface area (TPSA) is 113 Å². The lowest BCUT2D eigenvalue weighted by Crippen LogP contribution is -2.47. The fraction of sp³-hybridized carbons (Fsp3) is 0.273. The third kappa shape index (κ3) is 2.51. The van der Waals surface area contributed by atoms with Gasteiger partial charge in [0, 0.05) is 13.1 Å². The Morgan fingerprint density at radius 3 is 2.75 bits per heavy atom. The summed E-state index contributed by atoms with van der Waals surface area (Å²) in [5.41, 5.74) is -1.32. The molecule has 9 heteroatoms. The zero-order valence-electron chi connectivity index (χ0n) is 10.1. The predicted molar refractivity (Wildman–Crippen MR) is 65.2 cm³/mol. The molecule has 0 unspecified atom stereocenters. The molecule has 106 valence electrons. The minimum Gasteiger partial charge on any atom is -0.478 e. The number of hydrogen-bond donors (Lipinski definition) is 2. The van der Waals surface area contributed by atoms with Crippen LogP contribution in [0.2, 0.25) is 0 Å². The summed E-state index contributed by atoms with van der Waals surface area (Å²) in [5.74, 6) is -3.05. The molecule has 1 aliphatic rings. The highest BCUT2D eigenvalue weighted by molar-refractivity contribution is 5.91. The van der Waals surface area contributed by atoms with Crippen molar-refractivity contribution in [2.24, 2.45) is 0 Å². The van der Waals surface area contributed by atoms with Crippen molar-refractivity contribution in [2.45, 2.75) is 0 Å². The van der Waals surface area contributed by atoms with E-state index < -0.39 is 28.0 Å². The molecule has 0 atom stereocenters. The number of amides is 1. The number of piperazine rings is 1. The summed E-state index contributed by atoms with van der Waals surface area (Å²) < 4.78 is 13.5. The van der Waals surface area contributed by atoms with Crippen molar-refractivity contribution >= 4 is 23.3 Å². The molecule has 0 bridgehead atoms. The number of nitrogens with zero attached hydrogens (tertiary/aromatic N) is 2. The highest BCUT2D eigenvalue weighted by Gasteiger charge is 2.27. The molecule has 0 aromatic heterocycles. The Bertz CT molecular complexity index is 604. The molecule has 1 aromatic rings. The molecule has 0 saturated carbocycles. The number of rotatable bonds is 3. The highest BCUT2D eigenvalue weighted by atomic mass is 19.1. The van der Waals surface area contributed by atoms with Gasteiger partial charge < -0.3 is 15.3 Å². The van der Waals surface area contributed by atoms with Crippen molar-refractivity contribution in [3.8, 4) is 0 Å². The normalized spacial score (nSPS) is 14.8. The van der Waals surface area contributed by atoms with Crippen molar-refractivity contribution in [3.05, 3.63) is 33.6 Å². The summed E-state index contributed by atoms with van der Waals surface area (Å²) in [4.78, 5) is 33.7. The van der Waals surface area contributed by atoms with Gasteiger partial charge in [-0.15, -0.1) is 0 Å². The summed E-state index contributed by atoms with van der Waals surface area (Å²) in [6, 6.07) is 1.44. The summed E-state index contributed by atoms with van der Waals surface area (Å²) in [6.45, 7) is 0.401. The maximum Gasteiger partial charge on any atom is 0.338 e. The smallest absolute Gasteiger partial charge is 0.338 e. The Labute approximate surface area is 111 Å². The van der Waals surface area contributed by atoms with Gasteiger partial charge in [0.1, 0.15) is 11.5 Å². The first-order valence-electron chi connectivity index (χ1n) is 5.63. The first-order valence-corrected chi connectivity index (χ1v) is 5.63. The van der Waals surface area contributed by atoms with Crippen LogP contribution in [0.15, 0.2) is 12.1 Å². The summed E-state index contributed by atoms with van der Waals surface area (Å²) in [6.07, 6.45) is 0. The monoisotopic (exact) mass is 283 g/mol. The van der Waals surface area contributed by atoms with E-state index in [0.717, 1.165) is 6.07 Å². The lowest BCUT2D eigenvalue weighted by molar-refractivity contribution is -0.384. The lowest BCUT2D eigenvalue weighted by atomic mass is 10.1. The molecule has 1 heterocycles. The van der Waals surface area contributed by atoms with E-state index in [9.17, 15) is 24.1 Å². The van der Waals surface area contributed by atoms with E-state index >= 15 is 0 Å². The van der Waals surface area contributed by atoms with Crippen LogP contribution in [-0.2, 0) is 4.79 Å². The highest BCUT2D eigenvalue weighted by Crippen LogP contribution is 2.31. The number of carboxylic acids is 1. The molecular weight excluding hydrogens is 273 g/mol. The Hall–Kier alpha value is -2.71. The van der Waals surface area contributed by atoms with E-state index in [0.29, 0.717) is 6.07 Å². The Kier molecular flexibility index (Phi) is 3.51. The second-order valence-electron chi connectivity index (χ2n) is 4.15. The average molecular weight is 283 g/mol. The van der Waals surface area contributed by atoms with Crippen LogP contribution in [0, 0.1) is 15.9 Å². The van der Waals surface area contributed by atoms with Gasteiger partial charge >= 0.3 is 5.97 Å². The van der Waals surface area contributed by atoms with Crippen LogP contribution in [0.5, 0.6) is 0 Å². The van der Waals surface area contributed by atoms with Gasteiger partial charge in [0.15, 0.2) is 0 Å². The Balaban J connectivity index is 2.53. The average Bonchev–Trinajstić information content (AvgIpc) is 2.37. The largest absolute Gasteiger partial charge is 0.478 e. The first kappa shape index (κ1) is 13.7. The van der Waals surface area contributed by atoms with Crippen molar-refractivity contribution in [2.75, 3.05) is 24.5 Å². The van der Waals surface area contributed by atoms with Gasteiger partial charge in [0.05, 0.1) is 23.1 Å². The number of benzene rings is 1. The van der Waals surface area contributed by atoms with E-state index in [1.807, 2.05) is 0 Å². The van der Waals surface area contributed by atoms with Gasteiger partial charge in [-0.2, -0.15) is 0 Å². The van der Waals surface area contributed by atoms with Crippen LogP contribution >= 0.6 is 0 Å². The fourth-order valence-electron chi connectivity index (χ4n) is 1.96. The van der Waals surface area contributed by atoms with Crippen LogP contribution in [0.3, 0.4) is 0 Å². The maximum atomic E-state index is 13.5. The molecule has 2 rings (SSSR count). The minimum absolute atomic E-state index is 0.0800. The summed E-state index contributed by atoms with van der Waals surface area (Å²) in [7, 11) is 0. The molecule has 1 amide bonds. The van der Waals surface area contributed by atoms with Crippen molar-refractivity contribution in [1.29, 1.82) is 0 Å². The number of carboxylic acid groups (broad SMARTS) is 1. The number of nitro groups is 1. The Morgan fingerprint density at radius 1 is 1.50 bits per heavy atom. The molecule has 8 nitrogen and oxygen atoms in total. The molecule has 1 aliphatic heterocycles. The predicted octanol–water partition coefficient (Wildman–Crippen LogP) is 0.368. The number of hydrogen-bond acceptors (Lipinski definition) is 5. The standard InChI is InChI=1S/C11H10FN3O5/c12-7-4-9(15(19)20)8(3-6(7)11(17)18)14-2-1-13-10(16)5-14/h3-4H,1-2,5H2,(H,13,16)(H,17,18). The van der Waals surface area contributed by atoms with E-state index in [2.05, 4.69) is 5.32 Å². The summed E-state index contributed by atoms with van der Waals surface area (Å²) in [5, 5.41) is 22.3. The van der Waals surface area contributed by atoms with Crippen molar-refractivity contribution in [3.63, 3.8) is 0 Å². The van der Waals surface area contributed by atoms with Gasteiger partial charge in [-0.05, 0) is 6.07 Å². The quantitative estimate of drug-likeness (QED) is 0.612. The Morgan fingerprint density at radius 2 is 2.20 bits per heavy atom. The van der Waals surface area contributed by atoms with E-state index in [1.54, 1.807) is 0 Å². The number of carbonyl (C=O) groups excluding carboxylic acids is 1. The third-order valence-electron chi connectivity index (χ3n) is 2.87. The number of carbonyl (C=O) groups is 2. The first-order chi connectivity index (χ1) is 9.40. The number of nitrogens with one attached hydrogen (secondary N) is 1. The third-order valence-corrected chi connectivity index (χ3v) is 2.87. The number of nitro benzene ring substituents is 1. The fourth-order valence-corrected chi connectivity index (χ4v) is 1.96. The van der Waals surface area contributed by atoms with Crippen LogP contribution in [0.4, 0.5) is 15.8 Å². The lowest BCUT2D eigenvalue weighted by Gasteiger charge is -2.28. The number of anilines is 1. The second-order valence-corrected chi connectivity index (χ2v) is 4.15. The maximum absolute atomic E-state index is 13.5. The van der Waals surface area contributed by atoms with Gasteiger partial charge in [-0.25, -0.2) is 9.18 Å². The molecule has 0 radical (unpaired) electrons. The van der Waals surface area contributed by atoms with Crippen LogP contribution in [0.25, 0.3) is 0 Å². The van der Waals surface area contributed by atoms with Crippen LogP contribution in [0.1, 0.15) is 10.4 Å².